The van der Waals surface area contributed by atoms with E-state index in [0.29, 0.717) is 6.42 Å². The smallest absolute Gasteiger partial charge is 0.325 e. The quantitative estimate of drug-likeness (QED) is 0.451. The highest BCUT2D eigenvalue weighted by atomic mass is 32.5. The van der Waals surface area contributed by atoms with Crippen molar-refractivity contribution in [3.8, 4) is 0 Å². The van der Waals surface area contributed by atoms with E-state index >= 15 is 0 Å². The van der Waals surface area contributed by atoms with Gasteiger partial charge in [-0.05, 0) is 50.7 Å². The van der Waals surface area contributed by atoms with E-state index in [4.69, 9.17) is 43.2 Å². The van der Waals surface area contributed by atoms with Gasteiger partial charge in [-0.2, -0.15) is 0 Å². The van der Waals surface area contributed by atoms with E-state index < -0.39 is 37.9 Å². The van der Waals surface area contributed by atoms with Crippen LogP contribution in [0.25, 0.3) is 0 Å². The summed E-state index contributed by atoms with van der Waals surface area (Å²) in [5.74, 6) is -0.642. The number of rotatable bonds is 7. The summed E-state index contributed by atoms with van der Waals surface area (Å²) in [6, 6.07) is 0. The molecule has 0 aromatic carbocycles. The van der Waals surface area contributed by atoms with Gasteiger partial charge in [0, 0.05) is 7.11 Å². The zero-order valence-corrected chi connectivity index (χ0v) is 16.4. The Morgan fingerprint density at radius 3 is 2.26 bits per heavy atom. The van der Waals surface area contributed by atoms with Crippen LogP contribution >= 0.6 is 14.3 Å². The van der Waals surface area contributed by atoms with Gasteiger partial charge in [0.15, 0.2) is 0 Å². The summed E-state index contributed by atoms with van der Waals surface area (Å²) >= 11 is 5.03. The first-order chi connectivity index (χ1) is 10.2. The Balaban J connectivity index is 2.78. The van der Waals surface area contributed by atoms with Crippen LogP contribution in [-0.2, 0) is 30.2 Å². The molecule has 0 heterocycles. The van der Waals surface area contributed by atoms with Crippen molar-refractivity contribution < 1.29 is 33.0 Å². The minimum atomic E-state index is -4.09. The van der Waals surface area contributed by atoms with Crippen LogP contribution in [0, 0.1) is 5.92 Å². The molecule has 1 aliphatic carbocycles. The van der Waals surface area contributed by atoms with Crippen molar-refractivity contribution in [2.45, 2.75) is 57.2 Å². The lowest BCUT2D eigenvalue weighted by molar-refractivity contribution is -0.0174. The minimum Gasteiger partial charge on any atom is -0.378 e. The van der Waals surface area contributed by atoms with Crippen LogP contribution in [0.3, 0.4) is 0 Å². The summed E-state index contributed by atoms with van der Waals surface area (Å²) in [5, 5.41) is 0. The Kier molecular flexibility index (Phi) is 7.51. The molecule has 0 aromatic heterocycles. The van der Waals surface area contributed by atoms with Gasteiger partial charge in [0.2, 0.25) is 0 Å². The van der Waals surface area contributed by atoms with Crippen LogP contribution in [0.15, 0.2) is 0 Å². The SMILES string of the molecule is [B][C@H]1C[C@H](CCP(=O)(O)O)[C@@H](OC)[C@H]1OP(O)(=S)OC(C)(C)C. The van der Waals surface area contributed by atoms with Crippen molar-refractivity contribution in [3.05, 3.63) is 0 Å². The highest BCUT2D eigenvalue weighted by molar-refractivity contribution is 8.07. The van der Waals surface area contributed by atoms with Gasteiger partial charge in [-0.25, -0.2) is 0 Å². The normalized spacial score (nSPS) is 32.0. The second kappa shape index (κ2) is 7.94. The Labute approximate surface area is 143 Å². The van der Waals surface area contributed by atoms with E-state index in [1.165, 1.54) is 7.11 Å². The van der Waals surface area contributed by atoms with Crippen molar-refractivity contribution in [2.75, 3.05) is 13.3 Å². The van der Waals surface area contributed by atoms with Crippen LogP contribution in [0.4, 0.5) is 0 Å². The molecular formula is C12H25BO7P2S. The van der Waals surface area contributed by atoms with Crippen molar-refractivity contribution in [1.29, 1.82) is 0 Å². The van der Waals surface area contributed by atoms with Gasteiger partial charge < -0.3 is 28.5 Å². The highest BCUT2D eigenvalue weighted by Gasteiger charge is 2.45. The first-order valence-corrected chi connectivity index (χ1v) is 11.7. The lowest BCUT2D eigenvalue weighted by Crippen LogP contribution is -2.32. The lowest BCUT2D eigenvalue weighted by Gasteiger charge is -2.31. The number of methoxy groups -OCH3 is 1. The largest absolute Gasteiger partial charge is 0.378 e. The van der Waals surface area contributed by atoms with E-state index in [9.17, 15) is 9.46 Å². The molecule has 0 bridgehead atoms. The number of ether oxygens (including phenoxy) is 1. The van der Waals surface area contributed by atoms with Gasteiger partial charge >= 0.3 is 14.3 Å². The number of hydrogen-bond donors (Lipinski definition) is 3. The molecule has 1 rings (SSSR count). The molecule has 23 heavy (non-hydrogen) atoms. The molecule has 134 valence electrons. The van der Waals surface area contributed by atoms with Gasteiger partial charge in [-0.15, -0.1) is 0 Å². The van der Waals surface area contributed by atoms with Crippen molar-refractivity contribution in [3.63, 3.8) is 0 Å². The van der Waals surface area contributed by atoms with E-state index in [1.54, 1.807) is 20.8 Å². The summed E-state index contributed by atoms with van der Waals surface area (Å²) in [4.78, 5) is 28.3. The summed E-state index contributed by atoms with van der Waals surface area (Å²) in [5.41, 5.74) is -0.671. The van der Waals surface area contributed by atoms with Gasteiger partial charge in [-0.1, -0.05) is 6.42 Å². The molecule has 0 amide bonds. The fourth-order valence-corrected chi connectivity index (χ4v) is 5.69. The Morgan fingerprint density at radius 1 is 1.26 bits per heavy atom. The lowest BCUT2D eigenvalue weighted by atomic mass is 9.83. The zero-order valence-electron chi connectivity index (χ0n) is 13.8. The molecule has 3 N–H and O–H groups in total. The molecule has 0 aliphatic heterocycles. The molecular weight excluding hydrogens is 361 g/mol. The average molecular weight is 386 g/mol. The van der Waals surface area contributed by atoms with E-state index in [1.807, 2.05) is 0 Å². The highest BCUT2D eigenvalue weighted by Crippen LogP contribution is 2.54. The minimum absolute atomic E-state index is 0.183. The fraction of sp³-hybridized carbons (Fsp3) is 1.00. The van der Waals surface area contributed by atoms with Crippen LogP contribution in [0.5, 0.6) is 0 Å². The topological polar surface area (TPSA) is 105 Å². The standard InChI is InChI=1S/C12H25BO7P2S/c1-12(2,3)20-22(17,23)19-11-9(13)7-8(10(11)18-4)5-6-21(14,15)16/h8-11H,5-7H2,1-4H3,(H,17,23)(H2,14,15,16)/t8-,9-,10+,11-,22?/m0/s1. The maximum absolute atomic E-state index is 11.1. The molecule has 11 heteroatoms. The summed E-state index contributed by atoms with van der Waals surface area (Å²) < 4.78 is 27.4. The van der Waals surface area contributed by atoms with E-state index in [-0.39, 0.29) is 18.5 Å². The van der Waals surface area contributed by atoms with Crippen LogP contribution in [0.2, 0.25) is 5.82 Å². The molecule has 1 unspecified atom stereocenters. The number of hydrogen-bond acceptors (Lipinski definition) is 5. The third-order valence-electron chi connectivity index (χ3n) is 3.49. The third-order valence-corrected chi connectivity index (χ3v) is 6.10. The summed E-state index contributed by atoms with van der Waals surface area (Å²) in [7, 11) is 3.43. The third kappa shape index (κ3) is 7.64. The monoisotopic (exact) mass is 386 g/mol. The van der Waals surface area contributed by atoms with Crippen molar-refractivity contribution in [1.82, 2.24) is 0 Å². The second-order valence-electron chi connectivity index (χ2n) is 6.78. The van der Waals surface area contributed by atoms with Crippen LogP contribution < -0.4 is 0 Å². The molecule has 5 atom stereocenters. The average Bonchev–Trinajstić information content (AvgIpc) is 2.58. The van der Waals surface area contributed by atoms with Gasteiger partial charge in [0.05, 0.1) is 31.8 Å². The van der Waals surface area contributed by atoms with Gasteiger partial charge in [0.25, 0.3) is 0 Å². The second-order valence-corrected chi connectivity index (χ2v) is 11.3. The summed E-state index contributed by atoms with van der Waals surface area (Å²) in [6.07, 6.45) is -0.712. The Bertz CT molecular complexity index is 492. The van der Waals surface area contributed by atoms with Crippen molar-refractivity contribution in [2.24, 2.45) is 5.92 Å². The molecule has 1 aliphatic rings. The predicted molar refractivity (Wildman–Crippen MR) is 92.2 cm³/mol. The Morgan fingerprint density at radius 2 is 1.83 bits per heavy atom. The molecule has 0 spiro atoms. The fourth-order valence-electron chi connectivity index (χ4n) is 2.73. The first-order valence-electron chi connectivity index (χ1n) is 7.29. The van der Waals surface area contributed by atoms with E-state index in [0.717, 1.165) is 0 Å². The van der Waals surface area contributed by atoms with Gasteiger partial charge in [-0.3, -0.25) is 4.57 Å². The first kappa shape index (κ1) is 21.7. The van der Waals surface area contributed by atoms with Crippen LogP contribution in [-0.4, -0.2) is 53.6 Å². The van der Waals surface area contributed by atoms with Crippen LogP contribution in [0.1, 0.15) is 33.6 Å². The maximum atomic E-state index is 11.1. The Hall–Kier alpha value is 0.705. The molecule has 7 nitrogen and oxygen atoms in total. The molecule has 1 saturated carbocycles. The van der Waals surface area contributed by atoms with E-state index in [2.05, 4.69) is 0 Å². The van der Waals surface area contributed by atoms with Gasteiger partial charge in [0.1, 0.15) is 0 Å². The van der Waals surface area contributed by atoms with Crippen molar-refractivity contribution >= 4 is 34.0 Å². The molecule has 2 radical (unpaired) electrons. The maximum Gasteiger partial charge on any atom is 0.325 e. The molecule has 0 saturated heterocycles. The zero-order chi connectivity index (χ0) is 18.1. The summed E-state index contributed by atoms with van der Waals surface area (Å²) in [6.45, 7) is 1.74. The molecule has 0 aromatic rings. The predicted octanol–water partition coefficient (Wildman–Crippen LogP) is 1.96. The molecule has 1 fully saturated rings.